The van der Waals surface area contributed by atoms with Crippen LogP contribution in [-0.2, 0) is 14.2 Å². The van der Waals surface area contributed by atoms with E-state index in [1.54, 1.807) is 0 Å². The molecule has 0 aromatic rings. The molecule has 0 aliphatic carbocycles. The van der Waals surface area contributed by atoms with Gasteiger partial charge in [0.15, 0.2) is 0 Å². The molecule has 0 spiro atoms. The van der Waals surface area contributed by atoms with Gasteiger partial charge in [-0.25, -0.2) is 0 Å². The van der Waals surface area contributed by atoms with Crippen molar-refractivity contribution < 1.29 is 14.2 Å². The summed E-state index contributed by atoms with van der Waals surface area (Å²) in [5, 5.41) is 0. The van der Waals surface area contributed by atoms with Crippen LogP contribution in [0.4, 0.5) is 0 Å². The van der Waals surface area contributed by atoms with Crippen molar-refractivity contribution in [3.63, 3.8) is 0 Å². The Morgan fingerprint density at radius 3 is 1.36 bits per heavy atom. The summed E-state index contributed by atoms with van der Waals surface area (Å²) in [6.07, 6.45) is 11.2. The van der Waals surface area contributed by atoms with E-state index in [0.717, 1.165) is 19.3 Å². The normalized spacial score (nSPS) is 13.8. The number of hydrogen-bond acceptors (Lipinski definition) is 3. The first kappa shape index (κ1) is 27.9. The molecule has 0 N–H and O–H groups in total. The summed E-state index contributed by atoms with van der Waals surface area (Å²) < 4.78 is 19.4. The van der Waals surface area contributed by atoms with Crippen LogP contribution in [-0.4, -0.2) is 25.8 Å². The molecule has 1 unspecified atom stereocenters. The predicted octanol–water partition coefficient (Wildman–Crippen LogP) is 7.82. The van der Waals surface area contributed by atoms with Crippen LogP contribution in [0, 0.1) is 23.7 Å². The van der Waals surface area contributed by atoms with Crippen molar-refractivity contribution in [3.8, 4) is 0 Å². The van der Waals surface area contributed by atoms with E-state index in [1.807, 2.05) is 0 Å². The molecular formula is C25H52O3. The van der Waals surface area contributed by atoms with Gasteiger partial charge >= 0.3 is 0 Å². The quantitative estimate of drug-likeness (QED) is 0.163. The fraction of sp³-hybridized carbons (Fsp3) is 1.00. The van der Waals surface area contributed by atoms with Crippen molar-refractivity contribution in [1.29, 1.82) is 0 Å². The van der Waals surface area contributed by atoms with Gasteiger partial charge in [0, 0.05) is 5.92 Å². The van der Waals surface area contributed by atoms with Gasteiger partial charge in [-0.2, -0.15) is 0 Å². The molecule has 3 heteroatoms. The molecule has 0 aromatic heterocycles. The number of rotatable bonds is 19. The fourth-order valence-corrected chi connectivity index (χ4v) is 3.34. The molecule has 0 aliphatic rings. The average Bonchev–Trinajstić information content (AvgIpc) is 2.63. The Hall–Kier alpha value is -0.120. The SMILES string of the molecule is CCCCCCCCC(CCC)C(OCC(C)C)(OCC(C)C)OCC(C)C. The molecule has 0 radical (unpaired) electrons. The number of ether oxygens (including phenoxy) is 3. The van der Waals surface area contributed by atoms with Gasteiger partial charge in [0.1, 0.15) is 0 Å². The van der Waals surface area contributed by atoms with E-state index in [1.165, 1.54) is 38.5 Å². The molecule has 0 heterocycles. The molecule has 170 valence electrons. The molecule has 0 aromatic carbocycles. The smallest absolute Gasteiger partial charge is 0.285 e. The van der Waals surface area contributed by atoms with Crippen LogP contribution < -0.4 is 0 Å². The highest BCUT2D eigenvalue weighted by atomic mass is 16.9. The van der Waals surface area contributed by atoms with Crippen LogP contribution in [0.3, 0.4) is 0 Å². The predicted molar refractivity (Wildman–Crippen MR) is 121 cm³/mol. The Labute approximate surface area is 177 Å². The summed E-state index contributed by atoms with van der Waals surface area (Å²) in [6, 6.07) is 0. The Morgan fingerprint density at radius 2 is 0.964 bits per heavy atom. The Kier molecular flexibility index (Phi) is 16.6. The van der Waals surface area contributed by atoms with Gasteiger partial charge in [0.2, 0.25) is 0 Å². The lowest BCUT2D eigenvalue weighted by atomic mass is 9.93. The van der Waals surface area contributed by atoms with Crippen LogP contribution in [0.15, 0.2) is 0 Å². The van der Waals surface area contributed by atoms with E-state index in [4.69, 9.17) is 14.2 Å². The van der Waals surface area contributed by atoms with Gasteiger partial charge in [-0.15, -0.1) is 0 Å². The molecule has 0 aliphatic heterocycles. The van der Waals surface area contributed by atoms with E-state index in [2.05, 4.69) is 55.4 Å². The van der Waals surface area contributed by atoms with Crippen LogP contribution in [0.5, 0.6) is 0 Å². The second-order valence-corrected chi connectivity index (χ2v) is 9.76. The van der Waals surface area contributed by atoms with Crippen molar-refractivity contribution in [3.05, 3.63) is 0 Å². The molecule has 0 bridgehead atoms. The van der Waals surface area contributed by atoms with Crippen molar-refractivity contribution in [2.24, 2.45) is 23.7 Å². The highest BCUT2D eigenvalue weighted by Gasteiger charge is 2.42. The highest BCUT2D eigenvalue weighted by Crippen LogP contribution is 2.35. The van der Waals surface area contributed by atoms with E-state index in [0.29, 0.717) is 43.5 Å². The maximum Gasteiger partial charge on any atom is 0.285 e. The third-order valence-corrected chi connectivity index (χ3v) is 4.90. The van der Waals surface area contributed by atoms with E-state index in [9.17, 15) is 0 Å². The van der Waals surface area contributed by atoms with Gasteiger partial charge in [-0.1, -0.05) is 100 Å². The van der Waals surface area contributed by atoms with Crippen molar-refractivity contribution >= 4 is 0 Å². The Balaban J connectivity index is 5.25. The van der Waals surface area contributed by atoms with E-state index < -0.39 is 5.97 Å². The summed E-state index contributed by atoms with van der Waals surface area (Å²) in [5.74, 6) is 0.779. The minimum atomic E-state index is -0.891. The molecule has 3 nitrogen and oxygen atoms in total. The Morgan fingerprint density at radius 1 is 0.536 bits per heavy atom. The molecule has 0 fully saturated rings. The zero-order valence-electron chi connectivity index (χ0n) is 20.5. The number of unbranched alkanes of at least 4 members (excludes halogenated alkanes) is 5. The molecule has 0 saturated heterocycles. The van der Waals surface area contributed by atoms with E-state index >= 15 is 0 Å². The largest absolute Gasteiger partial charge is 0.327 e. The van der Waals surface area contributed by atoms with Gasteiger partial charge in [-0.05, 0) is 30.6 Å². The second kappa shape index (κ2) is 16.7. The lowest BCUT2D eigenvalue weighted by Gasteiger charge is -2.41. The molecule has 0 amide bonds. The third-order valence-electron chi connectivity index (χ3n) is 4.90. The summed E-state index contributed by atoms with van der Waals surface area (Å²) in [4.78, 5) is 0. The minimum absolute atomic E-state index is 0.292. The first-order valence-corrected chi connectivity index (χ1v) is 12.2. The Bertz CT molecular complexity index is 307. The zero-order chi connectivity index (χ0) is 21.4. The lowest BCUT2D eigenvalue weighted by Crippen LogP contribution is -2.48. The molecule has 28 heavy (non-hydrogen) atoms. The lowest BCUT2D eigenvalue weighted by molar-refractivity contribution is -0.412. The molecular weight excluding hydrogens is 348 g/mol. The highest BCUT2D eigenvalue weighted by molar-refractivity contribution is 4.74. The van der Waals surface area contributed by atoms with Gasteiger partial charge in [0.25, 0.3) is 5.97 Å². The monoisotopic (exact) mass is 400 g/mol. The van der Waals surface area contributed by atoms with Crippen LogP contribution in [0.1, 0.15) is 113 Å². The molecule has 0 saturated carbocycles. The number of hydrogen-bond donors (Lipinski definition) is 0. The first-order valence-electron chi connectivity index (χ1n) is 12.2. The summed E-state index contributed by atoms with van der Waals surface area (Å²) >= 11 is 0. The first-order chi connectivity index (χ1) is 13.3. The third kappa shape index (κ3) is 13.2. The summed E-state index contributed by atoms with van der Waals surface area (Å²) in [6.45, 7) is 19.7. The maximum absolute atomic E-state index is 6.46. The average molecular weight is 401 g/mol. The molecule has 0 rings (SSSR count). The second-order valence-electron chi connectivity index (χ2n) is 9.76. The van der Waals surface area contributed by atoms with Crippen LogP contribution in [0.2, 0.25) is 0 Å². The zero-order valence-corrected chi connectivity index (χ0v) is 20.5. The van der Waals surface area contributed by atoms with Gasteiger partial charge in [0.05, 0.1) is 19.8 Å². The van der Waals surface area contributed by atoms with Crippen LogP contribution in [0.25, 0.3) is 0 Å². The fourth-order valence-electron chi connectivity index (χ4n) is 3.34. The standard InChI is InChI=1S/C25H52O3/c1-9-11-12-13-14-15-17-24(16-10-2)25(26-18-21(3)4,27-19-22(5)6)28-20-23(7)8/h21-24H,9-20H2,1-8H3. The van der Waals surface area contributed by atoms with E-state index in [-0.39, 0.29) is 0 Å². The minimum Gasteiger partial charge on any atom is -0.327 e. The maximum atomic E-state index is 6.46. The molecule has 1 atom stereocenters. The summed E-state index contributed by atoms with van der Waals surface area (Å²) in [7, 11) is 0. The van der Waals surface area contributed by atoms with Crippen molar-refractivity contribution in [2.45, 2.75) is 119 Å². The van der Waals surface area contributed by atoms with Crippen molar-refractivity contribution in [2.75, 3.05) is 19.8 Å². The van der Waals surface area contributed by atoms with Crippen LogP contribution >= 0.6 is 0 Å². The topological polar surface area (TPSA) is 27.7 Å². The van der Waals surface area contributed by atoms with Crippen molar-refractivity contribution in [1.82, 2.24) is 0 Å². The summed E-state index contributed by atoms with van der Waals surface area (Å²) in [5.41, 5.74) is 0. The van der Waals surface area contributed by atoms with Gasteiger partial charge < -0.3 is 14.2 Å². The van der Waals surface area contributed by atoms with Gasteiger partial charge in [-0.3, -0.25) is 0 Å².